The zero-order valence-corrected chi connectivity index (χ0v) is 20.0. The quantitative estimate of drug-likeness (QED) is 0.376. The maximum Gasteiger partial charge on any atom is 0.417 e. The van der Waals surface area contributed by atoms with Crippen LogP contribution in [0.4, 0.5) is 30.8 Å². The molecule has 0 amide bonds. The number of H-pyrrole nitrogens is 1. The summed E-state index contributed by atoms with van der Waals surface area (Å²) in [6.07, 6.45) is -2.81. The first kappa shape index (κ1) is 23.9. The minimum atomic E-state index is -4.69. The van der Waals surface area contributed by atoms with Crippen LogP contribution in [0.5, 0.6) is 0 Å². The van der Waals surface area contributed by atoms with Crippen molar-refractivity contribution < 1.29 is 17.4 Å². The first-order valence-corrected chi connectivity index (χ1v) is 12.9. The summed E-state index contributed by atoms with van der Waals surface area (Å²) in [5.41, 5.74) is 4.50. The lowest BCUT2D eigenvalue weighted by Crippen LogP contribution is -2.55. The Balaban J connectivity index is 1.49. The second kappa shape index (κ2) is 8.40. The Morgan fingerprint density at radius 1 is 1.23 bits per heavy atom. The highest BCUT2D eigenvalue weighted by atomic mass is 35.5. The predicted octanol–water partition coefficient (Wildman–Crippen LogP) is 3.90. The van der Waals surface area contributed by atoms with Crippen molar-refractivity contribution in [2.24, 2.45) is 0 Å². The Kier molecular flexibility index (Phi) is 5.74. The van der Waals surface area contributed by atoms with E-state index in [-0.39, 0.29) is 39.3 Å². The Morgan fingerprint density at radius 2 is 1.94 bits per heavy atom. The number of anilines is 3. The van der Waals surface area contributed by atoms with Gasteiger partial charge in [-0.1, -0.05) is 23.7 Å². The average Bonchev–Trinajstić information content (AvgIpc) is 3.43. The van der Waals surface area contributed by atoms with Gasteiger partial charge in [0.05, 0.1) is 20.3 Å². The fourth-order valence-electron chi connectivity index (χ4n) is 4.47. The number of hydrogen-bond donors (Lipinski definition) is 4. The van der Waals surface area contributed by atoms with E-state index in [0.717, 1.165) is 25.5 Å². The number of piperazine rings is 1. The van der Waals surface area contributed by atoms with E-state index >= 15 is 0 Å². The molecule has 3 aromatic rings. The maximum atomic E-state index is 14.0. The van der Waals surface area contributed by atoms with Gasteiger partial charge in [-0.3, -0.25) is 0 Å². The van der Waals surface area contributed by atoms with Gasteiger partial charge in [0.25, 0.3) is 0 Å². The third-order valence-corrected chi connectivity index (χ3v) is 8.91. The highest BCUT2D eigenvalue weighted by Gasteiger charge is 2.52. The molecule has 0 radical (unpaired) electrons. The van der Waals surface area contributed by atoms with Crippen molar-refractivity contribution in [1.82, 2.24) is 24.8 Å². The third-order valence-electron chi connectivity index (χ3n) is 6.32. The molecule has 2 heterocycles. The molecule has 1 spiro atoms. The minimum absolute atomic E-state index is 0.00958. The molecule has 1 unspecified atom stereocenters. The lowest BCUT2D eigenvalue weighted by molar-refractivity contribution is -0.137. The Morgan fingerprint density at radius 3 is 2.54 bits per heavy atom. The van der Waals surface area contributed by atoms with E-state index in [9.17, 15) is 17.4 Å². The number of nitrogens with two attached hydrogens (primary N) is 1. The Labute approximate surface area is 205 Å². The molecule has 5 rings (SSSR count). The minimum Gasteiger partial charge on any atom is -0.368 e. The van der Waals surface area contributed by atoms with Crippen molar-refractivity contribution in [1.29, 1.82) is 0 Å². The van der Waals surface area contributed by atoms with Gasteiger partial charge in [0.2, 0.25) is 11.9 Å². The van der Waals surface area contributed by atoms with Gasteiger partial charge in [-0.15, -0.1) is 5.10 Å². The Bertz CT molecular complexity index is 1370. The number of halogens is 4. The molecule has 8 nitrogen and oxygen atoms in total. The highest BCUT2D eigenvalue weighted by molar-refractivity contribution is 7.98. The Hall–Kier alpha value is -2.80. The van der Waals surface area contributed by atoms with Crippen LogP contribution in [0.1, 0.15) is 18.4 Å². The van der Waals surface area contributed by atoms with Crippen LogP contribution in [-0.4, -0.2) is 54.7 Å². The predicted molar refractivity (Wildman–Crippen MR) is 131 cm³/mol. The van der Waals surface area contributed by atoms with Crippen LogP contribution in [-0.2, 0) is 15.9 Å². The van der Waals surface area contributed by atoms with E-state index in [4.69, 9.17) is 17.3 Å². The van der Waals surface area contributed by atoms with E-state index < -0.39 is 21.4 Å². The van der Waals surface area contributed by atoms with Gasteiger partial charge in [0.1, 0.15) is 0 Å². The van der Waals surface area contributed by atoms with Gasteiger partial charge in [-0.2, -0.15) is 18.2 Å². The summed E-state index contributed by atoms with van der Waals surface area (Å²) < 4.78 is 57.7. The fraction of sp³-hybridized carbons (Fsp3) is 0.318. The molecule has 2 fully saturated rings. The van der Waals surface area contributed by atoms with Crippen LogP contribution >= 0.6 is 11.6 Å². The smallest absolute Gasteiger partial charge is 0.368 e. The molecule has 2 aromatic carbocycles. The molecule has 1 aliphatic heterocycles. The van der Waals surface area contributed by atoms with Gasteiger partial charge in [0.15, 0.2) is 0 Å². The molecule has 0 bridgehead atoms. The number of rotatable bonds is 5. The number of alkyl halides is 3. The standard InChI is InChI=1S/C22H23ClF3N7OS/c1-35(34,33-9-8-28-12-21(33)6-7-21)15-4-2-13(3-5-15)18-16(22(24,25)26)10-14(11-17(18)23)29-20-30-19(27)31-32-20/h2-5,10-11,28H,1,6-9,12H2,(H4,27,29,30,31,32). The van der Waals surface area contributed by atoms with Crippen molar-refractivity contribution in [2.45, 2.75) is 29.5 Å². The fourth-order valence-corrected chi connectivity index (χ4v) is 6.88. The maximum absolute atomic E-state index is 14.0. The van der Waals surface area contributed by atoms with E-state index in [0.29, 0.717) is 18.0 Å². The summed E-state index contributed by atoms with van der Waals surface area (Å²) in [5, 5.41) is 12.0. The zero-order chi connectivity index (χ0) is 25.0. The topological polar surface area (TPSA) is 112 Å². The number of aromatic amines is 1. The molecule has 186 valence electrons. The summed E-state index contributed by atoms with van der Waals surface area (Å²) in [6.45, 7) is 2.06. The van der Waals surface area contributed by atoms with Gasteiger partial charge < -0.3 is 16.4 Å². The van der Waals surface area contributed by atoms with Crippen molar-refractivity contribution in [3.05, 3.63) is 47.0 Å². The number of hydrogen-bond acceptors (Lipinski definition) is 6. The van der Waals surface area contributed by atoms with Crippen LogP contribution in [0.2, 0.25) is 5.02 Å². The van der Waals surface area contributed by atoms with E-state index in [1.807, 2.05) is 4.31 Å². The zero-order valence-electron chi connectivity index (χ0n) is 18.5. The van der Waals surface area contributed by atoms with Crippen molar-refractivity contribution in [3.8, 4) is 11.1 Å². The molecule has 13 heteroatoms. The number of nitrogen functional groups attached to an aromatic ring is 1. The number of nitrogens with zero attached hydrogens (tertiary/aromatic N) is 3. The SMILES string of the molecule is C=S(=O)(c1ccc(-c2c(Cl)cc(Nc3n[nH]c(N)n3)cc2C(F)(F)F)cc1)N1CCNCC12CC2. The molecule has 1 aliphatic carbocycles. The van der Waals surface area contributed by atoms with E-state index in [2.05, 4.69) is 31.7 Å². The van der Waals surface area contributed by atoms with Gasteiger partial charge >= 0.3 is 6.18 Å². The summed E-state index contributed by atoms with van der Waals surface area (Å²) in [5.74, 6) is 4.04. The molecule has 35 heavy (non-hydrogen) atoms. The van der Waals surface area contributed by atoms with E-state index in [1.165, 1.54) is 18.2 Å². The normalized spacial score (nSPS) is 19.4. The molecular weight excluding hydrogens is 503 g/mol. The molecule has 1 atom stereocenters. The molecule has 1 saturated heterocycles. The number of benzene rings is 2. The third kappa shape index (κ3) is 4.46. The van der Waals surface area contributed by atoms with Gasteiger partial charge in [-0.05, 0) is 48.5 Å². The van der Waals surface area contributed by atoms with Crippen LogP contribution in [0.3, 0.4) is 0 Å². The summed E-state index contributed by atoms with van der Waals surface area (Å²) in [4.78, 5) is 4.30. The van der Waals surface area contributed by atoms with Crippen LogP contribution < -0.4 is 16.4 Å². The summed E-state index contributed by atoms with van der Waals surface area (Å²) in [6, 6.07) is 8.44. The monoisotopic (exact) mass is 525 g/mol. The van der Waals surface area contributed by atoms with Crippen molar-refractivity contribution in [2.75, 3.05) is 30.7 Å². The average molecular weight is 526 g/mol. The highest BCUT2D eigenvalue weighted by Crippen LogP contribution is 2.46. The van der Waals surface area contributed by atoms with Crippen molar-refractivity contribution in [3.63, 3.8) is 0 Å². The lowest BCUT2D eigenvalue weighted by Gasteiger charge is -2.38. The van der Waals surface area contributed by atoms with Crippen LogP contribution in [0.15, 0.2) is 41.3 Å². The number of aromatic nitrogens is 3. The molecule has 1 saturated carbocycles. The van der Waals surface area contributed by atoms with Crippen molar-refractivity contribution >= 4 is 44.8 Å². The summed E-state index contributed by atoms with van der Waals surface area (Å²) >= 11 is 6.35. The second-order valence-electron chi connectivity index (χ2n) is 8.72. The van der Waals surface area contributed by atoms with Gasteiger partial charge in [-0.25, -0.2) is 13.6 Å². The second-order valence-corrected chi connectivity index (χ2v) is 11.3. The van der Waals surface area contributed by atoms with Crippen LogP contribution in [0, 0.1) is 0 Å². The van der Waals surface area contributed by atoms with Crippen LogP contribution in [0.25, 0.3) is 11.1 Å². The molecule has 2 aliphatic rings. The molecule has 5 N–H and O–H groups in total. The first-order chi connectivity index (χ1) is 16.5. The lowest BCUT2D eigenvalue weighted by atomic mass is 9.98. The summed E-state index contributed by atoms with van der Waals surface area (Å²) in [7, 11) is -2.79. The first-order valence-electron chi connectivity index (χ1n) is 10.8. The van der Waals surface area contributed by atoms with Gasteiger partial charge in [0, 0.05) is 41.3 Å². The van der Waals surface area contributed by atoms with E-state index in [1.54, 1.807) is 12.1 Å². The number of nitrogens with one attached hydrogen (secondary N) is 3. The largest absolute Gasteiger partial charge is 0.417 e. The molecule has 1 aromatic heterocycles. The molecular formula is C22H23ClF3N7OS.